The maximum absolute atomic E-state index is 11.4. The van der Waals surface area contributed by atoms with E-state index >= 15 is 0 Å². The van der Waals surface area contributed by atoms with Gasteiger partial charge in [0, 0.05) is 6.54 Å². The molecule has 1 rings (SSSR count). The Kier molecular flexibility index (Phi) is 4.26. The van der Waals surface area contributed by atoms with Crippen LogP contribution in [0.15, 0.2) is 24.3 Å². The number of aryl methyl sites for hydroxylation is 1. The second-order valence-electron chi connectivity index (χ2n) is 4.53. The topological polar surface area (TPSA) is 69.6 Å². The van der Waals surface area contributed by atoms with Crippen molar-refractivity contribution < 1.29 is 15.0 Å². The Morgan fingerprint density at radius 2 is 2.18 bits per heavy atom. The molecule has 1 aromatic rings. The van der Waals surface area contributed by atoms with E-state index in [0.29, 0.717) is 5.56 Å². The molecule has 4 heteroatoms. The van der Waals surface area contributed by atoms with Crippen molar-refractivity contribution in [2.24, 2.45) is 0 Å². The molecule has 3 N–H and O–H groups in total. The number of hydrogen-bond donors (Lipinski definition) is 3. The maximum Gasteiger partial charge on any atom is 0.328 e. The lowest BCUT2D eigenvalue weighted by molar-refractivity contribution is -0.144. The van der Waals surface area contributed by atoms with Gasteiger partial charge in [0.2, 0.25) is 0 Å². The summed E-state index contributed by atoms with van der Waals surface area (Å²) in [6.07, 6.45) is -0.585. The molecule has 0 aromatic heterocycles. The van der Waals surface area contributed by atoms with E-state index in [2.05, 4.69) is 5.32 Å². The third-order valence-electron chi connectivity index (χ3n) is 2.77. The molecule has 0 saturated carbocycles. The van der Waals surface area contributed by atoms with Gasteiger partial charge in [-0.25, -0.2) is 4.79 Å². The van der Waals surface area contributed by atoms with Crippen molar-refractivity contribution in [3.8, 4) is 0 Å². The van der Waals surface area contributed by atoms with E-state index in [1.54, 1.807) is 19.9 Å². The first kappa shape index (κ1) is 13.7. The molecule has 0 aliphatic heterocycles. The first-order chi connectivity index (χ1) is 7.86. The lowest BCUT2D eigenvalue weighted by Crippen LogP contribution is -2.49. The number of aliphatic hydroxyl groups excluding tert-OH is 1. The fourth-order valence-corrected chi connectivity index (χ4v) is 1.61. The summed E-state index contributed by atoms with van der Waals surface area (Å²) in [5.41, 5.74) is 0.516. The van der Waals surface area contributed by atoms with E-state index in [1.165, 1.54) is 0 Å². The second kappa shape index (κ2) is 5.29. The maximum atomic E-state index is 11.4. The van der Waals surface area contributed by atoms with Crippen molar-refractivity contribution in [1.29, 1.82) is 0 Å². The van der Waals surface area contributed by atoms with Crippen molar-refractivity contribution in [1.82, 2.24) is 5.32 Å². The number of hydrogen-bond acceptors (Lipinski definition) is 3. The Hall–Kier alpha value is -1.39. The van der Waals surface area contributed by atoms with Crippen LogP contribution in [0.2, 0.25) is 0 Å². The Balaban J connectivity index is 3.03. The van der Waals surface area contributed by atoms with Gasteiger partial charge in [-0.05, 0) is 26.3 Å². The van der Waals surface area contributed by atoms with Crippen molar-refractivity contribution in [2.75, 3.05) is 6.54 Å². The fourth-order valence-electron chi connectivity index (χ4n) is 1.61. The molecule has 94 valence electrons. The highest BCUT2D eigenvalue weighted by atomic mass is 16.4. The van der Waals surface area contributed by atoms with Gasteiger partial charge < -0.3 is 10.2 Å². The third kappa shape index (κ3) is 3.28. The molecule has 0 spiro atoms. The van der Waals surface area contributed by atoms with E-state index in [0.717, 1.165) is 5.56 Å². The third-order valence-corrected chi connectivity index (χ3v) is 2.77. The van der Waals surface area contributed by atoms with Crippen LogP contribution < -0.4 is 5.32 Å². The number of aliphatic hydroxyl groups is 1. The monoisotopic (exact) mass is 237 g/mol. The molecule has 0 fully saturated rings. The molecule has 17 heavy (non-hydrogen) atoms. The normalized spacial score (nSPS) is 16.2. The molecule has 0 aliphatic carbocycles. The molecule has 0 saturated heterocycles. The lowest BCUT2D eigenvalue weighted by atomic mass is 9.91. The number of carboxylic acid groups (broad SMARTS) is 1. The summed E-state index contributed by atoms with van der Waals surface area (Å²) < 4.78 is 0. The largest absolute Gasteiger partial charge is 0.480 e. The predicted octanol–water partition coefficient (Wildman–Crippen LogP) is 1.27. The quantitative estimate of drug-likeness (QED) is 0.721. The second-order valence-corrected chi connectivity index (χ2v) is 4.53. The molecular weight excluding hydrogens is 218 g/mol. The smallest absolute Gasteiger partial charge is 0.328 e. The van der Waals surface area contributed by atoms with Crippen molar-refractivity contribution in [3.63, 3.8) is 0 Å². The van der Waals surface area contributed by atoms with Gasteiger partial charge in [-0.2, -0.15) is 0 Å². The molecule has 0 heterocycles. The Bertz CT molecular complexity index is 403. The molecule has 0 bridgehead atoms. The number of aliphatic carboxylic acids is 1. The number of rotatable bonds is 5. The van der Waals surface area contributed by atoms with Gasteiger partial charge in [-0.1, -0.05) is 29.8 Å². The summed E-state index contributed by atoms with van der Waals surface area (Å²) in [7, 11) is 0. The minimum atomic E-state index is -1.18. The van der Waals surface area contributed by atoms with E-state index in [4.69, 9.17) is 0 Å². The minimum absolute atomic E-state index is 0.233. The molecular formula is C13H19NO3. The zero-order chi connectivity index (χ0) is 13.1. The zero-order valence-electron chi connectivity index (χ0n) is 10.4. The summed E-state index contributed by atoms with van der Waals surface area (Å²) in [6.45, 7) is 5.37. The zero-order valence-corrected chi connectivity index (χ0v) is 10.4. The minimum Gasteiger partial charge on any atom is -0.480 e. The van der Waals surface area contributed by atoms with Crippen LogP contribution in [0.3, 0.4) is 0 Å². The molecule has 0 amide bonds. The molecule has 0 radical (unpaired) electrons. The number of benzene rings is 1. The van der Waals surface area contributed by atoms with Gasteiger partial charge in [-0.3, -0.25) is 5.32 Å². The molecule has 2 unspecified atom stereocenters. The summed E-state index contributed by atoms with van der Waals surface area (Å²) in [4.78, 5) is 11.4. The summed E-state index contributed by atoms with van der Waals surface area (Å²) in [5.74, 6) is -0.955. The first-order valence-corrected chi connectivity index (χ1v) is 5.60. The van der Waals surface area contributed by atoms with Crippen LogP contribution in [-0.2, 0) is 10.3 Å². The Labute approximate surface area is 101 Å². The molecule has 2 atom stereocenters. The van der Waals surface area contributed by atoms with Crippen LogP contribution in [0.25, 0.3) is 0 Å². The van der Waals surface area contributed by atoms with Crippen molar-refractivity contribution >= 4 is 5.97 Å². The van der Waals surface area contributed by atoms with Gasteiger partial charge in [0.05, 0.1) is 6.10 Å². The van der Waals surface area contributed by atoms with Gasteiger partial charge in [0.15, 0.2) is 0 Å². The van der Waals surface area contributed by atoms with E-state index < -0.39 is 17.6 Å². The van der Waals surface area contributed by atoms with Crippen molar-refractivity contribution in [3.05, 3.63) is 35.4 Å². The highest BCUT2D eigenvalue weighted by molar-refractivity contribution is 5.80. The van der Waals surface area contributed by atoms with Gasteiger partial charge in [0.1, 0.15) is 5.54 Å². The number of nitrogens with one attached hydrogen (secondary N) is 1. The van der Waals surface area contributed by atoms with Crippen molar-refractivity contribution in [2.45, 2.75) is 32.4 Å². The predicted molar refractivity (Wildman–Crippen MR) is 65.9 cm³/mol. The molecule has 1 aromatic carbocycles. The fraction of sp³-hybridized carbons (Fsp3) is 0.462. The Morgan fingerprint density at radius 3 is 2.65 bits per heavy atom. The average molecular weight is 237 g/mol. The summed E-state index contributed by atoms with van der Waals surface area (Å²) >= 11 is 0. The Morgan fingerprint density at radius 1 is 1.53 bits per heavy atom. The highest BCUT2D eigenvalue weighted by Crippen LogP contribution is 2.22. The lowest BCUT2D eigenvalue weighted by Gasteiger charge is -2.28. The first-order valence-electron chi connectivity index (χ1n) is 5.60. The van der Waals surface area contributed by atoms with E-state index in [9.17, 15) is 15.0 Å². The van der Waals surface area contributed by atoms with Crippen LogP contribution in [0, 0.1) is 6.92 Å². The SMILES string of the molecule is Cc1cccc(C(C)(NCC(C)O)C(=O)O)c1. The highest BCUT2D eigenvalue weighted by Gasteiger charge is 2.34. The van der Waals surface area contributed by atoms with Crippen LogP contribution in [0.4, 0.5) is 0 Å². The van der Waals surface area contributed by atoms with Gasteiger partial charge in [-0.15, -0.1) is 0 Å². The molecule has 4 nitrogen and oxygen atoms in total. The molecule has 0 aliphatic rings. The van der Waals surface area contributed by atoms with Gasteiger partial charge in [0.25, 0.3) is 0 Å². The van der Waals surface area contributed by atoms with Crippen LogP contribution in [0.5, 0.6) is 0 Å². The van der Waals surface area contributed by atoms with Gasteiger partial charge >= 0.3 is 5.97 Å². The van der Waals surface area contributed by atoms with Crippen LogP contribution >= 0.6 is 0 Å². The summed E-state index contributed by atoms with van der Waals surface area (Å²) in [6, 6.07) is 7.36. The van der Waals surface area contributed by atoms with E-state index in [-0.39, 0.29) is 6.54 Å². The standard InChI is InChI=1S/C13H19NO3/c1-9-5-4-6-11(7-9)13(3,12(16)17)14-8-10(2)15/h4-7,10,14-15H,8H2,1-3H3,(H,16,17). The van der Waals surface area contributed by atoms with Crippen LogP contribution in [-0.4, -0.2) is 28.8 Å². The average Bonchev–Trinajstić information content (AvgIpc) is 2.25. The number of carboxylic acids is 1. The van der Waals surface area contributed by atoms with E-state index in [1.807, 2.05) is 25.1 Å². The number of carbonyl (C=O) groups is 1. The van der Waals surface area contributed by atoms with Crippen LogP contribution in [0.1, 0.15) is 25.0 Å². The summed E-state index contributed by atoms with van der Waals surface area (Å²) in [5, 5.41) is 21.5.